The molecule has 1 fully saturated rings. The average molecular weight is 471 g/mol. The topological polar surface area (TPSA) is 102 Å². The molecule has 3 aromatic rings. The third kappa shape index (κ3) is 4.26. The van der Waals surface area contributed by atoms with Crippen molar-refractivity contribution < 1.29 is 13.9 Å². The Morgan fingerprint density at radius 2 is 1.91 bits per heavy atom. The second-order valence-electron chi connectivity index (χ2n) is 8.40. The van der Waals surface area contributed by atoms with Gasteiger partial charge in [-0.2, -0.15) is 5.10 Å². The Balaban J connectivity index is 1.78. The minimum Gasteiger partial charge on any atom is -0.378 e. The maximum absolute atomic E-state index is 15.2. The van der Waals surface area contributed by atoms with E-state index in [0.29, 0.717) is 37.5 Å². The third-order valence-corrected chi connectivity index (χ3v) is 5.84. The molecule has 0 aliphatic carbocycles. The van der Waals surface area contributed by atoms with E-state index >= 15 is 4.39 Å². The molecule has 1 aromatic carbocycles. The van der Waals surface area contributed by atoms with Gasteiger partial charge in [0.1, 0.15) is 5.82 Å². The number of fused-ring (bicyclic) bond motifs is 1. The molecule has 1 unspecified atom stereocenters. The molecule has 1 atom stereocenters. The van der Waals surface area contributed by atoms with E-state index in [-0.39, 0.29) is 22.1 Å². The lowest BCUT2D eigenvalue weighted by atomic mass is 10.0. The van der Waals surface area contributed by atoms with Gasteiger partial charge in [-0.3, -0.25) is 14.4 Å². The first-order chi connectivity index (χ1) is 16.2. The lowest BCUT2D eigenvalue weighted by Gasteiger charge is -2.30. The van der Waals surface area contributed by atoms with Gasteiger partial charge in [0.15, 0.2) is 5.82 Å². The van der Waals surface area contributed by atoms with Crippen LogP contribution in [0.3, 0.4) is 0 Å². The zero-order valence-electron chi connectivity index (χ0n) is 19.5. The van der Waals surface area contributed by atoms with Gasteiger partial charge in [-0.15, -0.1) is 0 Å². The summed E-state index contributed by atoms with van der Waals surface area (Å²) in [7, 11) is 4.61. The minimum absolute atomic E-state index is 0.0319. The molecular weight excluding hydrogens is 443 g/mol. The Kier molecular flexibility index (Phi) is 6.38. The SMILES string of the molecule is CC(Nc1nn(C)c(=O)c2cc(=O)n(N3CCOCC3)cc12)c1cccc(C(=O)N(C)C)c1F. The van der Waals surface area contributed by atoms with Gasteiger partial charge in [0, 0.05) is 39.0 Å². The number of benzene rings is 1. The van der Waals surface area contributed by atoms with Crippen LogP contribution in [0.15, 0.2) is 40.1 Å². The molecular formula is C23H27FN6O4. The summed E-state index contributed by atoms with van der Waals surface area (Å²) in [6.07, 6.45) is 1.58. The highest BCUT2D eigenvalue weighted by Crippen LogP contribution is 2.26. The molecule has 1 aliphatic heterocycles. The van der Waals surface area contributed by atoms with E-state index in [4.69, 9.17) is 4.74 Å². The zero-order chi connectivity index (χ0) is 24.6. The van der Waals surface area contributed by atoms with Crippen molar-refractivity contribution in [1.82, 2.24) is 19.4 Å². The lowest BCUT2D eigenvalue weighted by molar-refractivity contribution is 0.0822. The molecule has 11 heteroatoms. The average Bonchev–Trinajstić information content (AvgIpc) is 2.82. The number of carbonyl (C=O) groups excluding carboxylic acids is 1. The molecule has 3 heterocycles. The number of nitrogens with one attached hydrogen (secondary N) is 1. The van der Waals surface area contributed by atoms with Gasteiger partial charge in [0.2, 0.25) is 0 Å². The molecule has 0 radical (unpaired) electrons. The highest BCUT2D eigenvalue weighted by atomic mass is 19.1. The molecule has 1 N–H and O–H groups in total. The van der Waals surface area contributed by atoms with Crippen LogP contribution < -0.4 is 21.4 Å². The van der Waals surface area contributed by atoms with E-state index < -0.39 is 23.3 Å². The number of anilines is 1. The quantitative estimate of drug-likeness (QED) is 0.595. The van der Waals surface area contributed by atoms with Gasteiger partial charge in [-0.1, -0.05) is 12.1 Å². The number of carbonyl (C=O) groups is 1. The predicted molar refractivity (Wildman–Crippen MR) is 126 cm³/mol. The summed E-state index contributed by atoms with van der Waals surface area (Å²) in [5.74, 6) is -0.748. The Bertz CT molecular complexity index is 1360. The molecule has 0 spiro atoms. The fraction of sp³-hybridized carbons (Fsp3) is 0.391. The van der Waals surface area contributed by atoms with Crippen molar-refractivity contribution in [2.24, 2.45) is 7.05 Å². The number of hydrogen-bond acceptors (Lipinski definition) is 7. The third-order valence-electron chi connectivity index (χ3n) is 5.84. The van der Waals surface area contributed by atoms with Crippen LogP contribution in [0.4, 0.5) is 10.2 Å². The number of nitrogens with zero attached hydrogens (tertiary/aromatic N) is 5. The maximum atomic E-state index is 15.2. The van der Waals surface area contributed by atoms with Gasteiger partial charge in [0.25, 0.3) is 17.0 Å². The number of pyridine rings is 1. The van der Waals surface area contributed by atoms with E-state index in [0.717, 1.165) is 4.68 Å². The Morgan fingerprint density at radius 3 is 2.59 bits per heavy atom. The Hall–Kier alpha value is -3.73. The second kappa shape index (κ2) is 9.26. The van der Waals surface area contributed by atoms with E-state index in [1.165, 1.54) is 28.8 Å². The van der Waals surface area contributed by atoms with Crippen LogP contribution in [0.1, 0.15) is 28.9 Å². The summed E-state index contributed by atoms with van der Waals surface area (Å²) in [4.78, 5) is 39.1. The first kappa shape index (κ1) is 23.4. The van der Waals surface area contributed by atoms with Crippen molar-refractivity contribution >= 4 is 22.5 Å². The van der Waals surface area contributed by atoms with Crippen molar-refractivity contribution in [2.45, 2.75) is 13.0 Å². The van der Waals surface area contributed by atoms with E-state index in [1.54, 1.807) is 39.3 Å². The second-order valence-corrected chi connectivity index (χ2v) is 8.40. The molecule has 180 valence electrons. The van der Waals surface area contributed by atoms with E-state index in [1.807, 2.05) is 5.01 Å². The van der Waals surface area contributed by atoms with Gasteiger partial charge >= 0.3 is 0 Å². The number of ether oxygens (including phenoxy) is 1. The largest absolute Gasteiger partial charge is 0.378 e. The fourth-order valence-corrected chi connectivity index (χ4v) is 3.98. The first-order valence-corrected chi connectivity index (χ1v) is 10.9. The van der Waals surface area contributed by atoms with Crippen LogP contribution in [0.5, 0.6) is 0 Å². The van der Waals surface area contributed by atoms with Gasteiger partial charge in [-0.05, 0) is 13.0 Å². The van der Waals surface area contributed by atoms with Crippen LogP contribution in [0, 0.1) is 5.82 Å². The lowest BCUT2D eigenvalue weighted by Crippen LogP contribution is -2.48. The summed E-state index contributed by atoms with van der Waals surface area (Å²) < 4.78 is 23.2. The Labute approximate surface area is 195 Å². The Morgan fingerprint density at radius 1 is 1.21 bits per heavy atom. The standard InChI is InChI=1S/C23H27FN6O4/c1-14(15-6-5-7-16(20(15)24)22(32)27(2)3)25-21-18-13-30(29-8-10-34-11-9-29)19(31)12-17(18)23(33)28(4)26-21/h5-7,12-14H,8-11H2,1-4H3,(H,25,26). The number of amides is 1. The van der Waals surface area contributed by atoms with E-state index in [9.17, 15) is 14.4 Å². The van der Waals surface area contributed by atoms with E-state index in [2.05, 4.69) is 10.4 Å². The van der Waals surface area contributed by atoms with Crippen molar-refractivity contribution in [3.05, 3.63) is 68.1 Å². The van der Waals surface area contributed by atoms with Crippen LogP contribution >= 0.6 is 0 Å². The number of rotatable bonds is 5. The van der Waals surface area contributed by atoms with Crippen LogP contribution in [-0.4, -0.2) is 65.7 Å². The van der Waals surface area contributed by atoms with Crippen molar-refractivity contribution in [2.75, 3.05) is 50.7 Å². The number of aryl methyl sites for hydroxylation is 1. The monoisotopic (exact) mass is 470 g/mol. The predicted octanol–water partition coefficient (Wildman–Crippen LogP) is 1.08. The summed E-state index contributed by atoms with van der Waals surface area (Å²) in [6, 6.07) is 5.35. The van der Waals surface area contributed by atoms with Crippen LogP contribution in [0.2, 0.25) is 0 Å². The zero-order valence-corrected chi connectivity index (χ0v) is 19.5. The first-order valence-electron chi connectivity index (χ1n) is 10.9. The molecule has 0 saturated carbocycles. The summed E-state index contributed by atoms with van der Waals surface area (Å²) in [6.45, 7) is 3.77. The van der Waals surface area contributed by atoms with Gasteiger partial charge < -0.3 is 20.0 Å². The minimum atomic E-state index is -0.624. The summed E-state index contributed by atoms with van der Waals surface area (Å²) >= 11 is 0. The van der Waals surface area contributed by atoms with Gasteiger partial charge in [-0.25, -0.2) is 13.7 Å². The van der Waals surface area contributed by atoms with Crippen molar-refractivity contribution in [3.8, 4) is 0 Å². The highest BCUT2D eigenvalue weighted by Gasteiger charge is 2.22. The smallest absolute Gasteiger partial charge is 0.274 e. The molecule has 4 rings (SSSR count). The molecule has 2 aromatic heterocycles. The fourth-order valence-electron chi connectivity index (χ4n) is 3.98. The van der Waals surface area contributed by atoms with Crippen molar-refractivity contribution in [3.63, 3.8) is 0 Å². The molecule has 0 bridgehead atoms. The van der Waals surface area contributed by atoms with Crippen LogP contribution in [-0.2, 0) is 11.8 Å². The maximum Gasteiger partial charge on any atom is 0.274 e. The summed E-state index contributed by atoms with van der Waals surface area (Å²) in [5, 5.41) is 9.97. The molecule has 10 nitrogen and oxygen atoms in total. The normalized spacial score (nSPS) is 14.8. The molecule has 34 heavy (non-hydrogen) atoms. The molecule has 1 aliphatic rings. The highest BCUT2D eigenvalue weighted by molar-refractivity contribution is 5.94. The van der Waals surface area contributed by atoms with Crippen LogP contribution in [0.25, 0.3) is 10.8 Å². The number of halogens is 1. The molecule has 1 saturated heterocycles. The molecule has 1 amide bonds. The van der Waals surface area contributed by atoms with Crippen molar-refractivity contribution in [1.29, 1.82) is 0 Å². The summed E-state index contributed by atoms with van der Waals surface area (Å²) in [5.41, 5.74) is -0.504. The number of hydrogen-bond donors (Lipinski definition) is 1. The van der Waals surface area contributed by atoms with Gasteiger partial charge in [0.05, 0.1) is 48.7 Å². The number of morpholine rings is 1. The number of aromatic nitrogens is 3.